The average molecular weight is 279 g/mol. The molecule has 6 nitrogen and oxygen atoms in total. The molecule has 0 aliphatic rings. The highest BCUT2D eigenvalue weighted by Crippen LogP contribution is 2.13. The molecule has 0 radical (unpaired) electrons. The first-order chi connectivity index (χ1) is 9.36. The molecular weight excluding hydrogens is 258 g/mol. The molecule has 110 valence electrons. The van der Waals surface area contributed by atoms with Gasteiger partial charge in [-0.3, -0.25) is 9.59 Å². The van der Waals surface area contributed by atoms with Crippen LogP contribution in [-0.4, -0.2) is 53.5 Å². The van der Waals surface area contributed by atoms with E-state index < -0.39 is 5.97 Å². The minimum absolute atomic E-state index is 0.132. The summed E-state index contributed by atoms with van der Waals surface area (Å²) in [4.78, 5) is 30.6. The number of amides is 1. The van der Waals surface area contributed by atoms with Gasteiger partial charge in [0, 0.05) is 26.3 Å². The van der Waals surface area contributed by atoms with E-state index in [1.807, 2.05) is 32.8 Å². The van der Waals surface area contributed by atoms with Crippen LogP contribution in [0.5, 0.6) is 0 Å². The summed E-state index contributed by atoms with van der Waals surface area (Å²) in [6.07, 6.45) is 2.18. The Morgan fingerprint density at radius 3 is 2.40 bits per heavy atom. The van der Waals surface area contributed by atoms with Crippen molar-refractivity contribution in [1.82, 2.24) is 9.88 Å². The molecule has 1 aromatic rings. The van der Waals surface area contributed by atoms with Crippen LogP contribution in [0, 0.1) is 0 Å². The third kappa shape index (κ3) is 3.94. The number of carboxylic acid groups (broad SMARTS) is 1. The fourth-order valence-electron chi connectivity index (χ4n) is 1.74. The fraction of sp³-hybridized carbons (Fsp3) is 0.500. The van der Waals surface area contributed by atoms with Gasteiger partial charge >= 0.3 is 5.97 Å². The Labute approximate surface area is 119 Å². The second kappa shape index (κ2) is 6.88. The molecule has 1 aromatic heterocycles. The van der Waals surface area contributed by atoms with Crippen LogP contribution in [0.3, 0.4) is 0 Å². The quantitative estimate of drug-likeness (QED) is 0.853. The Bertz CT molecular complexity index is 471. The molecule has 0 saturated heterocycles. The lowest BCUT2D eigenvalue weighted by Crippen LogP contribution is -2.41. The number of nitrogens with zero attached hydrogens (tertiary/aromatic N) is 3. The zero-order chi connectivity index (χ0) is 15.3. The third-order valence-electron chi connectivity index (χ3n) is 3.14. The van der Waals surface area contributed by atoms with E-state index >= 15 is 0 Å². The first kappa shape index (κ1) is 15.9. The molecule has 1 heterocycles. The normalized spacial score (nSPS) is 11.8. The summed E-state index contributed by atoms with van der Waals surface area (Å²) in [7, 11) is 3.72. The molecule has 1 amide bonds. The van der Waals surface area contributed by atoms with Crippen molar-refractivity contribution in [3.63, 3.8) is 0 Å². The highest BCUT2D eigenvalue weighted by molar-refractivity contribution is 5.96. The van der Waals surface area contributed by atoms with E-state index in [4.69, 9.17) is 5.11 Å². The second-order valence-electron chi connectivity index (χ2n) is 4.88. The summed E-state index contributed by atoms with van der Waals surface area (Å²) in [5, 5.41) is 8.92. The van der Waals surface area contributed by atoms with Gasteiger partial charge in [-0.2, -0.15) is 0 Å². The summed E-state index contributed by atoms with van der Waals surface area (Å²) in [6.45, 7) is 3.45. The second-order valence-corrected chi connectivity index (χ2v) is 4.88. The van der Waals surface area contributed by atoms with Crippen LogP contribution in [-0.2, 0) is 4.79 Å². The van der Waals surface area contributed by atoms with Gasteiger partial charge in [0.15, 0.2) is 0 Å². The maximum Gasteiger partial charge on any atom is 0.323 e. The number of pyridine rings is 1. The number of hydrogen-bond donors (Lipinski definition) is 1. The van der Waals surface area contributed by atoms with E-state index in [1.165, 1.54) is 11.1 Å². The highest BCUT2D eigenvalue weighted by atomic mass is 16.4. The van der Waals surface area contributed by atoms with Gasteiger partial charge in [0.2, 0.25) is 0 Å². The molecule has 1 N–H and O–H groups in total. The van der Waals surface area contributed by atoms with Gasteiger partial charge in [0.05, 0.1) is 5.56 Å². The summed E-state index contributed by atoms with van der Waals surface area (Å²) >= 11 is 0. The first-order valence-corrected chi connectivity index (χ1v) is 6.53. The van der Waals surface area contributed by atoms with Crippen molar-refractivity contribution in [3.8, 4) is 0 Å². The SMILES string of the molecule is CCC(C)N(CC(=O)O)C(=O)c1ccc(N(C)C)nc1. The number of aromatic nitrogens is 1. The molecule has 1 rings (SSSR count). The van der Waals surface area contributed by atoms with Gasteiger partial charge in [-0.05, 0) is 25.5 Å². The Kier molecular flexibility index (Phi) is 5.49. The summed E-state index contributed by atoms with van der Waals surface area (Å²) in [6, 6.07) is 3.28. The van der Waals surface area contributed by atoms with Crippen molar-refractivity contribution >= 4 is 17.7 Å². The molecule has 0 aromatic carbocycles. The minimum atomic E-state index is -1.02. The fourth-order valence-corrected chi connectivity index (χ4v) is 1.74. The van der Waals surface area contributed by atoms with Crippen LogP contribution < -0.4 is 4.90 Å². The van der Waals surface area contributed by atoms with E-state index in [-0.39, 0.29) is 18.5 Å². The summed E-state index contributed by atoms with van der Waals surface area (Å²) in [5.74, 6) is -0.578. The Hall–Kier alpha value is -2.11. The minimum Gasteiger partial charge on any atom is -0.480 e. The molecule has 20 heavy (non-hydrogen) atoms. The smallest absolute Gasteiger partial charge is 0.323 e. The van der Waals surface area contributed by atoms with Gasteiger partial charge in [0.1, 0.15) is 12.4 Å². The lowest BCUT2D eigenvalue weighted by atomic mass is 10.1. The third-order valence-corrected chi connectivity index (χ3v) is 3.14. The van der Waals surface area contributed by atoms with Crippen molar-refractivity contribution in [3.05, 3.63) is 23.9 Å². The number of carboxylic acids is 1. The van der Waals surface area contributed by atoms with E-state index in [2.05, 4.69) is 4.98 Å². The summed E-state index contributed by atoms with van der Waals surface area (Å²) in [5.41, 5.74) is 0.400. The van der Waals surface area contributed by atoms with Crippen molar-refractivity contribution in [2.45, 2.75) is 26.3 Å². The van der Waals surface area contributed by atoms with Gasteiger partial charge in [-0.25, -0.2) is 4.98 Å². The van der Waals surface area contributed by atoms with Crippen LogP contribution >= 0.6 is 0 Å². The van der Waals surface area contributed by atoms with Crippen LogP contribution in [0.25, 0.3) is 0 Å². The van der Waals surface area contributed by atoms with Crippen LogP contribution in [0.15, 0.2) is 18.3 Å². The molecule has 0 aliphatic carbocycles. The Morgan fingerprint density at radius 1 is 1.35 bits per heavy atom. The topological polar surface area (TPSA) is 73.7 Å². The molecule has 0 aliphatic heterocycles. The van der Waals surface area contributed by atoms with E-state index in [0.29, 0.717) is 12.0 Å². The highest BCUT2D eigenvalue weighted by Gasteiger charge is 2.23. The van der Waals surface area contributed by atoms with E-state index in [9.17, 15) is 9.59 Å². The predicted molar refractivity (Wildman–Crippen MR) is 77.0 cm³/mol. The van der Waals surface area contributed by atoms with Crippen LogP contribution in [0.2, 0.25) is 0 Å². The number of carbonyl (C=O) groups is 2. The van der Waals surface area contributed by atoms with Crippen molar-refractivity contribution in [1.29, 1.82) is 0 Å². The predicted octanol–water partition coefficient (Wildman–Crippen LogP) is 1.47. The maximum atomic E-state index is 12.4. The maximum absolute atomic E-state index is 12.4. The number of anilines is 1. The molecule has 6 heteroatoms. The summed E-state index contributed by atoms with van der Waals surface area (Å²) < 4.78 is 0. The first-order valence-electron chi connectivity index (χ1n) is 6.53. The Balaban J connectivity index is 2.96. The van der Waals surface area contributed by atoms with Crippen molar-refractivity contribution in [2.75, 3.05) is 25.5 Å². The number of carbonyl (C=O) groups excluding carboxylic acids is 1. The monoisotopic (exact) mass is 279 g/mol. The largest absolute Gasteiger partial charge is 0.480 e. The van der Waals surface area contributed by atoms with E-state index in [1.54, 1.807) is 12.1 Å². The standard InChI is InChI=1S/C14H21N3O3/c1-5-10(2)17(9-13(18)19)14(20)11-6-7-12(15-8-11)16(3)4/h6-8,10H,5,9H2,1-4H3,(H,18,19). The van der Waals surface area contributed by atoms with Crippen molar-refractivity contribution in [2.24, 2.45) is 0 Å². The Morgan fingerprint density at radius 2 is 2.00 bits per heavy atom. The van der Waals surface area contributed by atoms with Gasteiger partial charge < -0.3 is 14.9 Å². The number of rotatable bonds is 6. The van der Waals surface area contributed by atoms with Gasteiger partial charge in [-0.1, -0.05) is 6.92 Å². The lowest BCUT2D eigenvalue weighted by Gasteiger charge is -2.27. The molecule has 0 bridgehead atoms. The number of hydrogen-bond acceptors (Lipinski definition) is 4. The average Bonchev–Trinajstić information content (AvgIpc) is 2.43. The van der Waals surface area contributed by atoms with Crippen LogP contribution in [0.4, 0.5) is 5.82 Å². The van der Waals surface area contributed by atoms with Crippen molar-refractivity contribution < 1.29 is 14.7 Å². The molecule has 1 atom stereocenters. The zero-order valence-electron chi connectivity index (χ0n) is 12.3. The molecule has 1 unspecified atom stereocenters. The van der Waals surface area contributed by atoms with Gasteiger partial charge in [0.25, 0.3) is 5.91 Å². The lowest BCUT2D eigenvalue weighted by molar-refractivity contribution is -0.138. The van der Waals surface area contributed by atoms with Gasteiger partial charge in [-0.15, -0.1) is 0 Å². The molecular formula is C14H21N3O3. The molecule has 0 fully saturated rings. The molecule has 0 saturated carbocycles. The number of aliphatic carboxylic acids is 1. The molecule has 0 spiro atoms. The van der Waals surface area contributed by atoms with Crippen LogP contribution in [0.1, 0.15) is 30.6 Å². The van der Waals surface area contributed by atoms with E-state index in [0.717, 1.165) is 5.82 Å². The zero-order valence-corrected chi connectivity index (χ0v) is 12.3.